The standard InChI is InChI=1S/C15H9F4N3O/c1-8(23)10-7-21-22(14(10)15(17,18)19)12-5-4-11(16)13-9(12)3-2-6-20-13/h2-7H,1H3. The summed E-state index contributed by atoms with van der Waals surface area (Å²) in [6, 6.07) is 5.11. The number of benzene rings is 1. The fourth-order valence-corrected chi connectivity index (χ4v) is 2.37. The number of fused-ring (bicyclic) bond motifs is 1. The van der Waals surface area contributed by atoms with Crippen LogP contribution in [0.5, 0.6) is 0 Å². The summed E-state index contributed by atoms with van der Waals surface area (Å²) < 4.78 is 54.5. The number of hydrogen-bond donors (Lipinski definition) is 0. The number of Topliss-reactive ketones (excluding diaryl/α,β-unsaturated/α-hetero) is 1. The first-order valence-electron chi connectivity index (χ1n) is 6.50. The molecule has 8 heteroatoms. The second-order valence-electron chi connectivity index (χ2n) is 4.84. The van der Waals surface area contributed by atoms with Gasteiger partial charge in [-0.25, -0.2) is 9.07 Å². The molecule has 0 atom stereocenters. The van der Waals surface area contributed by atoms with Gasteiger partial charge in [-0.1, -0.05) is 0 Å². The molecule has 0 aliphatic rings. The molecule has 4 nitrogen and oxygen atoms in total. The van der Waals surface area contributed by atoms with E-state index in [1.54, 1.807) is 0 Å². The van der Waals surface area contributed by atoms with E-state index in [9.17, 15) is 22.4 Å². The molecule has 0 saturated carbocycles. The number of alkyl halides is 3. The Morgan fingerprint density at radius 2 is 1.96 bits per heavy atom. The van der Waals surface area contributed by atoms with Crippen LogP contribution in [0.2, 0.25) is 0 Å². The highest BCUT2D eigenvalue weighted by atomic mass is 19.4. The number of pyridine rings is 1. The second kappa shape index (κ2) is 5.15. The van der Waals surface area contributed by atoms with Crippen LogP contribution < -0.4 is 0 Å². The molecule has 0 aliphatic carbocycles. The molecule has 0 unspecified atom stereocenters. The molecule has 2 aromatic heterocycles. The number of hydrogen-bond acceptors (Lipinski definition) is 3. The largest absolute Gasteiger partial charge is 0.434 e. The summed E-state index contributed by atoms with van der Waals surface area (Å²) in [5, 5.41) is 3.84. The van der Waals surface area contributed by atoms with Crippen LogP contribution in [0.15, 0.2) is 36.7 Å². The van der Waals surface area contributed by atoms with Crippen molar-refractivity contribution in [2.45, 2.75) is 13.1 Å². The van der Waals surface area contributed by atoms with E-state index in [1.165, 1.54) is 24.4 Å². The molecule has 0 spiro atoms. The minimum atomic E-state index is -4.79. The van der Waals surface area contributed by atoms with Crippen molar-refractivity contribution >= 4 is 16.7 Å². The van der Waals surface area contributed by atoms with Crippen LogP contribution in [-0.2, 0) is 6.18 Å². The van der Waals surface area contributed by atoms with Gasteiger partial charge in [0.15, 0.2) is 11.5 Å². The summed E-state index contributed by atoms with van der Waals surface area (Å²) in [6.07, 6.45) is -2.60. The molecule has 0 aliphatic heterocycles. The number of ketones is 1. The number of rotatable bonds is 2. The van der Waals surface area contributed by atoms with Crippen LogP contribution >= 0.6 is 0 Å². The molecule has 2 heterocycles. The van der Waals surface area contributed by atoms with Gasteiger partial charge in [-0.3, -0.25) is 9.78 Å². The molecule has 3 aromatic rings. The van der Waals surface area contributed by atoms with Crippen molar-refractivity contribution in [2.24, 2.45) is 0 Å². The molecule has 0 fully saturated rings. The van der Waals surface area contributed by atoms with Crippen LogP contribution in [0.25, 0.3) is 16.6 Å². The first kappa shape index (κ1) is 15.1. The zero-order chi connectivity index (χ0) is 16.8. The van der Waals surface area contributed by atoms with Crippen LogP contribution in [0, 0.1) is 5.82 Å². The van der Waals surface area contributed by atoms with E-state index in [0.717, 1.165) is 19.2 Å². The van der Waals surface area contributed by atoms with Crippen LogP contribution in [0.4, 0.5) is 17.6 Å². The summed E-state index contributed by atoms with van der Waals surface area (Å²) >= 11 is 0. The Labute approximate surface area is 127 Å². The van der Waals surface area contributed by atoms with Gasteiger partial charge in [0.2, 0.25) is 0 Å². The Hall–Kier alpha value is -2.77. The number of halogens is 4. The first-order valence-corrected chi connectivity index (χ1v) is 6.50. The van der Waals surface area contributed by atoms with Gasteiger partial charge in [-0.2, -0.15) is 18.3 Å². The highest BCUT2D eigenvalue weighted by Crippen LogP contribution is 2.35. The monoisotopic (exact) mass is 323 g/mol. The fraction of sp³-hybridized carbons (Fsp3) is 0.133. The number of nitrogens with zero attached hydrogens (tertiary/aromatic N) is 3. The molecular formula is C15H9F4N3O. The van der Waals surface area contributed by atoms with Crippen molar-refractivity contribution in [3.8, 4) is 5.69 Å². The highest BCUT2D eigenvalue weighted by molar-refractivity contribution is 5.96. The molecule has 0 bridgehead atoms. The smallest absolute Gasteiger partial charge is 0.294 e. The molecule has 118 valence electrons. The number of carbonyl (C=O) groups is 1. The quantitative estimate of drug-likeness (QED) is 0.533. The Morgan fingerprint density at radius 1 is 1.22 bits per heavy atom. The molecule has 0 N–H and O–H groups in total. The first-order chi connectivity index (χ1) is 10.8. The Kier molecular flexibility index (Phi) is 3.39. The van der Waals surface area contributed by atoms with E-state index in [-0.39, 0.29) is 16.6 Å². The minimum Gasteiger partial charge on any atom is -0.294 e. The van der Waals surface area contributed by atoms with Gasteiger partial charge < -0.3 is 0 Å². The van der Waals surface area contributed by atoms with Crippen molar-refractivity contribution in [1.82, 2.24) is 14.8 Å². The van der Waals surface area contributed by atoms with Gasteiger partial charge >= 0.3 is 6.18 Å². The predicted molar refractivity (Wildman–Crippen MR) is 73.8 cm³/mol. The average Bonchev–Trinajstić information content (AvgIpc) is 2.93. The minimum absolute atomic E-state index is 0.00525. The third-order valence-electron chi connectivity index (χ3n) is 3.34. The topological polar surface area (TPSA) is 47.8 Å². The third kappa shape index (κ3) is 2.45. The van der Waals surface area contributed by atoms with Crippen molar-refractivity contribution in [3.05, 3.63) is 53.7 Å². The van der Waals surface area contributed by atoms with Gasteiger partial charge in [-0.15, -0.1) is 0 Å². The molecular weight excluding hydrogens is 314 g/mol. The zero-order valence-corrected chi connectivity index (χ0v) is 11.7. The van der Waals surface area contributed by atoms with Crippen molar-refractivity contribution < 1.29 is 22.4 Å². The Morgan fingerprint density at radius 3 is 2.61 bits per heavy atom. The van der Waals surface area contributed by atoms with E-state index < -0.39 is 29.0 Å². The molecule has 1 aromatic carbocycles. The van der Waals surface area contributed by atoms with Gasteiger partial charge in [0.1, 0.15) is 11.3 Å². The molecule has 3 rings (SSSR count). The number of carbonyl (C=O) groups excluding carboxylic acids is 1. The molecule has 23 heavy (non-hydrogen) atoms. The molecule has 0 saturated heterocycles. The average molecular weight is 323 g/mol. The second-order valence-corrected chi connectivity index (χ2v) is 4.84. The van der Waals surface area contributed by atoms with Gasteiger partial charge in [0.25, 0.3) is 0 Å². The van der Waals surface area contributed by atoms with Gasteiger partial charge in [-0.05, 0) is 31.2 Å². The van der Waals surface area contributed by atoms with E-state index in [1.807, 2.05) is 0 Å². The van der Waals surface area contributed by atoms with Crippen LogP contribution in [0.3, 0.4) is 0 Å². The number of aromatic nitrogens is 3. The summed E-state index contributed by atoms with van der Waals surface area (Å²) in [6.45, 7) is 1.03. The van der Waals surface area contributed by atoms with E-state index >= 15 is 0 Å². The van der Waals surface area contributed by atoms with Crippen molar-refractivity contribution in [3.63, 3.8) is 0 Å². The lowest BCUT2D eigenvalue weighted by Crippen LogP contribution is -2.17. The Bertz CT molecular complexity index is 915. The summed E-state index contributed by atoms with van der Waals surface area (Å²) in [5.41, 5.74) is -1.81. The fourth-order valence-electron chi connectivity index (χ4n) is 2.37. The van der Waals surface area contributed by atoms with Crippen LogP contribution in [0.1, 0.15) is 23.0 Å². The third-order valence-corrected chi connectivity index (χ3v) is 3.34. The van der Waals surface area contributed by atoms with E-state index in [4.69, 9.17) is 0 Å². The van der Waals surface area contributed by atoms with Crippen molar-refractivity contribution in [1.29, 1.82) is 0 Å². The maximum absolute atomic E-state index is 13.8. The lowest BCUT2D eigenvalue weighted by atomic mass is 10.1. The van der Waals surface area contributed by atoms with Gasteiger partial charge in [0.05, 0.1) is 17.4 Å². The molecule has 0 radical (unpaired) electrons. The lowest BCUT2D eigenvalue weighted by molar-refractivity contribution is -0.143. The molecule has 0 amide bonds. The summed E-state index contributed by atoms with van der Waals surface area (Å²) in [7, 11) is 0. The van der Waals surface area contributed by atoms with E-state index in [2.05, 4.69) is 10.1 Å². The van der Waals surface area contributed by atoms with Gasteiger partial charge in [0, 0.05) is 11.6 Å². The Balaban J connectivity index is 2.37. The lowest BCUT2D eigenvalue weighted by Gasteiger charge is -2.13. The maximum atomic E-state index is 13.8. The summed E-state index contributed by atoms with van der Waals surface area (Å²) in [5.74, 6) is -1.41. The highest BCUT2D eigenvalue weighted by Gasteiger charge is 2.40. The zero-order valence-electron chi connectivity index (χ0n) is 11.7. The van der Waals surface area contributed by atoms with Crippen LogP contribution in [-0.4, -0.2) is 20.5 Å². The van der Waals surface area contributed by atoms with E-state index in [0.29, 0.717) is 4.68 Å². The normalized spacial score (nSPS) is 11.9. The van der Waals surface area contributed by atoms with Crippen molar-refractivity contribution in [2.75, 3.05) is 0 Å². The maximum Gasteiger partial charge on any atom is 0.434 e. The summed E-state index contributed by atoms with van der Waals surface area (Å²) in [4.78, 5) is 15.3. The predicted octanol–water partition coefficient (Wildman–Crippen LogP) is 3.78. The SMILES string of the molecule is CC(=O)c1cnn(-c2ccc(F)c3ncccc23)c1C(F)(F)F.